The van der Waals surface area contributed by atoms with Gasteiger partial charge in [-0.05, 0) is 59.9 Å². The average Bonchev–Trinajstić information content (AvgIpc) is 3.34. The van der Waals surface area contributed by atoms with Crippen LogP contribution < -0.4 is 16.6 Å². The lowest BCUT2D eigenvalue weighted by molar-refractivity contribution is 0.0966. The molecular formula is C31H30N4O5S. The summed E-state index contributed by atoms with van der Waals surface area (Å²) in [6.45, 7) is 4.13. The van der Waals surface area contributed by atoms with E-state index in [0.717, 1.165) is 11.1 Å². The fraction of sp³-hybridized carbons (Fsp3) is 0.194. The van der Waals surface area contributed by atoms with Gasteiger partial charge in [0.15, 0.2) is 4.90 Å². The highest BCUT2D eigenvalue weighted by Crippen LogP contribution is 2.32. The third-order valence-electron chi connectivity index (χ3n) is 7.22. The van der Waals surface area contributed by atoms with Crippen molar-refractivity contribution >= 4 is 21.4 Å². The first kappa shape index (κ1) is 27.9. The number of nitrogen functional groups attached to an aromatic ring is 1. The molecule has 9 nitrogen and oxygen atoms in total. The van der Waals surface area contributed by atoms with Crippen molar-refractivity contribution in [1.82, 2.24) is 14.9 Å². The van der Waals surface area contributed by atoms with Crippen LogP contribution in [0.2, 0.25) is 0 Å². The Kier molecular flexibility index (Phi) is 7.51. The van der Waals surface area contributed by atoms with Crippen molar-refractivity contribution in [2.24, 2.45) is 0 Å². The molecule has 3 aromatic carbocycles. The van der Waals surface area contributed by atoms with Gasteiger partial charge in [0, 0.05) is 18.7 Å². The summed E-state index contributed by atoms with van der Waals surface area (Å²) in [4.78, 5) is 29.6. The molecule has 0 unspecified atom stereocenters. The van der Waals surface area contributed by atoms with Crippen LogP contribution in [0.3, 0.4) is 0 Å². The minimum atomic E-state index is -4.48. The van der Waals surface area contributed by atoms with Crippen LogP contribution >= 0.6 is 0 Å². The number of aromatic hydroxyl groups is 1. The lowest BCUT2D eigenvalue weighted by Gasteiger charge is -2.23. The first-order valence-corrected chi connectivity index (χ1v) is 14.7. The van der Waals surface area contributed by atoms with E-state index in [2.05, 4.69) is 10.3 Å². The third kappa shape index (κ3) is 5.02. The second-order valence-corrected chi connectivity index (χ2v) is 11.7. The maximum absolute atomic E-state index is 14.0. The fourth-order valence-corrected chi connectivity index (χ4v) is 6.60. The summed E-state index contributed by atoms with van der Waals surface area (Å²) in [5.74, 6) is -0.812. The number of sulfone groups is 1. The molecule has 0 radical (unpaired) electrons. The molecule has 4 aromatic rings. The topological polar surface area (TPSA) is 144 Å². The van der Waals surface area contributed by atoms with E-state index in [4.69, 9.17) is 5.73 Å². The number of carbonyl (C=O) groups excluding carboxylic acids is 1. The summed E-state index contributed by atoms with van der Waals surface area (Å²) in [5.41, 5.74) is 9.10. The Bertz CT molecular complexity index is 1840. The van der Waals surface area contributed by atoms with E-state index in [0.29, 0.717) is 35.3 Å². The number of anilines is 1. The number of amides is 1. The smallest absolute Gasteiger partial charge is 0.277 e. The molecule has 1 atom stereocenters. The van der Waals surface area contributed by atoms with Crippen LogP contribution in [0.25, 0.3) is 11.1 Å². The van der Waals surface area contributed by atoms with Crippen molar-refractivity contribution < 1.29 is 18.3 Å². The number of aromatic nitrogens is 2. The standard InChI is InChI=1S/C31H30N4O5S/c1-3-5-12-26-34-30(37)28(31(38)35(26)25(4-2)20-8-6-10-22(32)17-20)41(39,40)23-15-13-19(14-16-23)24-11-7-9-21-18-33-29(36)27(21)24/h3,5-11,13-17,25,37H,4,12,18,32H2,1-2H3,(H,33,36)/b5-3+/t25-/m0/s1. The zero-order valence-corrected chi connectivity index (χ0v) is 23.5. The van der Waals surface area contributed by atoms with Gasteiger partial charge in [0.05, 0.1) is 16.5 Å². The molecule has 0 aliphatic carbocycles. The summed E-state index contributed by atoms with van der Waals surface area (Å²) >= 11 is 0. The van der Waals surface area contributed by atoms with Crippen LogP contribution in [0.4, 0.5) is 5.69 Å². The first-order valence-electron chi connectivity index (χ1n) is 13.2. The zero-order chi connectivity index (χ0) is 29.3. The number of nitrogens with zero attached hydrogens (tertiary/aromatic N) is 2. The number of nitrogens with one attached hydrogen (secondary N) is 1. The van der Waals surface area contributed by atoms with Gasteiger partial charge in [-0.3, -0.25) is 14.2 Å². The van der Waals surface area contributed by atoms with E-state index < -0.39 is 32.2 Å². The molecule has 1 amide bonds. The highest BCUT2D eigenvalue weighted by molar-refractivity contribution is 7.91. The number of hydrogen-bond donors (Lipinski definition) is 3. The number of nitrogens with two attached hydrogens (primary N) is 1. The molecule has 1 aliphatic heterocycles. The van der Waals surface area contributed by atoms with Gasteiger partial charge in [-0.25, -0.2) is 8.42 Å². The Morgan fingerprint density at radius 3 is 2.51 bits per heavy atom. The Labute approximate surface area is 237 Å². The van der Waals surface area contributed by atoms with Gasteiger partial charge in [-0.15, -0.1) is 0 Å². The van der Waals surface area contributed by atoms with Crippen molar-refractivity contribution in [2.45, 2.75) is 49.1 Å². The van der Waals surface area contributed by atoms with Gasteiger partial charge in [0.1, 0.15) is 5.82 Å². The Morgan fingerprint density at radius 2 is 1.83 bits per heavy atom. The minimum absolute atomic E-state index is 0.183. The van der Waals surface area contributed by atoms with E-state index in [9.17, 15) is 23.1 Å². The summed E-state index contributed by atoms with van der Waals surface area (Å²) in [6, 6.07) is 17.9. The maximum atomic E-state index is 14.0. The molecule has 0 bridgehead atoms. The molecule has 4 N–H and O–H groups in total. The van der Waals surface area contributed by atoms with E-state index >= 15 is 0 Å². The second kappa shape index (κ2) is 11.1. The predicted octanol–water partition coefficient (Wildman–Crippen LogP) is 4.39. The number of allylic oxidation sites excluding steroid dienone is 2. The van der Waals surface area contributed by atoms with Crippen molar-refractivity contribution in [2.75, 3.05) is 5.73 Å². The zero-order valence-electron chi connectivity index (χ0n) is 22.7. The fourth-order valence-electron chi connectivity index (χ4n) is 5.26. The molecule has 5 rings (SSSR count). The molecule has 0 saturated carbocycles. The number of carbonyl (C=O) groups is 1. The lowest BCUT2D eigenvalue weighted by Crippen LogP contribution is -2.33. The Morgan fingerprint density at radius 1 is 1.10 bits per heavy atom. The Hall–Kier alpha value is -4.70. The SMILES string of the molecule is C/C=C/Cc1nc(O)c(S(=O)(=O)c2ccc(-c3cccc4c3C(=O)NC4)cc2)c(=O)n1[C@@H](CC)c1cccc(N)c1. The van der Waals surface area contributed by atoms with Gasteiger partial charge in [0.25, 0.3) is 11.5 Å². The molecule has 210 valence electrons. The summed E-state index contributed by atoms with van der Waals surface area (Å²) in [5, 5.41) is 13.6. The molecule has 10 heteroatoms. The summed E-state index contributed by atoms with van der Waals surface area (Å²) < 4.78 is 29.0. The third-order valence-corrected chi connectivity index (χ3v) is 9.01. The van der Waals surface area contributed by atoms with Gasteiger partial charge >= 0.3 is 0 Å². The van der Waals surface area contributed by atoms with Crippen LogP contribution in [-0.2, 0) is 22.8 Å². The van der Waals surface area contributed by atoms with Crippen molar-refractivity contribution in [1.29, 1.82) is 0 Å². The molecule has 0 saturated heterocycles. The quantitative estimate of drug-likeness (QED) is 0.210. The van der Waals surface area contributed by atoms with E-state index in [-0.39, 0.29) is 23.0 Å². The van der Waals surface area contributed by atoms with E-state index in [1.165, 1.54) is 16.7 Å². The van der Waals surface area contributed by atoms with Crippen LogP contribution in [0.1, 0.15) is 53.6 Å². The summed E-state index contributed by atoms with van der Waals surface area (Å²) in [6.07, 6.45) is 4.22. The normalized spacial score (nSPS) is 13.8. The van der Waals surface area contributed by atoms with Crippen molar-refractivity contribution in [3.63, 3.8) is 0 Å². The minimum Gasteiger partial charge on any atom is -0.492 e. The molecule has 1 aromatic heterocycles. The average molecular weight is 571 g/mol. The van der Waals surface area contributed by atoms with Crippen molar-refractivity contribution in [3.05, 3.63) is 112 Å². The van der Waals surface area contributed by atoms with Crippen LogP contribution in [0.5, 0.6) is 5.88 Å². The highest BCUT2D eigenvalue weighted by atomic mass is 32.2. The van der Waals surface area contributed by atoms with Crippen LogP contribution in [-0.4, -0.2) is 29.0 Å². The van der Waals surface area contributed by atoms with Gasteiger partial charge < -0.3 is 16.2 Å². The molecule has 0 fully saturated rings. The highest BCUT2D eigenvalue weighted by Gasteiger charge is 2.32. The monoisotopic (exact) mass is 570 g/mol. The number of rotatable bonds is 8. The number of fused-ring (bicyclic) bond motifs is 1. The largest absolute Gasteiger partial charge is 0.492 e. The molecular weight excluding hydrogens is 540 g/mol. The number of hydrogen-bond acceptors (Lipinski definition) is 7. The van der Waals surface area contributed by atoms with E-state index in [1.54, 1.807) is 48.6 Å². The van der Waals surface area contributed by atoms with Gasteiger partial charge in [-0.2, -0.15) is 4.98 Å². The van der Waals surface area contributed by atoms with Crippen LogP contribution in [0, 0.1) is 0 Å². The maximum Gasteiger partial charge on any atom is 0.277 e. The number of benzene rings is 3. The molecule has 1 aliphatic rings. The molecule has 0 spiro atoms. The predicted molar refractivity (Wildman–Crippen MR) is 156 cm³/mol. The Balaban J connectivity index is 1.63. The first-order chi connectivity index (χ1) is 19.7. The van der Waals surface area contributed by atoms with E-state index in [1.807, 2.05) is 32.0 Å². The molecule has 2 heterocycles. The van der Waals surface area contributed by atoms with Crippen molar-refractivity contribution in [3.8, 4) is 17.0 Å². The molecule has 41 heavy (non-hydrogen) atoms. The van der Waals surface area contributed by atoms with Gasteiger partial charge in [-0.1, -0.05) is 61.5 Å². The summed E-state index contributed by atoms with van der Waals surface area (Å²) in [7, 11) is -4.48. The van der Waals surface area contributed by atoms with Gasteiger partial charge in [0.2, 0.25) is 15.7 Å². The second-order valence-electron chi connectivity index (χ2n) is 9.77. The van der Waals surface area contributed by atoms with Crippen LogP contribution in [0.15, 0.2) is 93.5 Å². The lowest BCUT2D eigenvalue weighted by atomic mass is 9.97.